The van der Waals surface area contributed by atoms with Gasteiger partial charge in [0.05, 0.1) is 12.7 Å². The lowest BCUT2D eigenvalue weighted by atomic mass is 10.1. The zero-order valence-corrected chi connectivity index (χ0v) is 10.6. The molecule has 0 saturated carbocycles. The van der Waals surface area contributed by atoms with E-state index in [1.54, 1.807) is 0 Å². The lowest BCUT2D eigenvalue weighted by Crippen LogP contribution is -2.46. The van der Waals surface area contributed by atoms with E-state index in [2.05, 4.69) is 22.6 Å². The fourth-order valence-corrected chi connectivity index (χ4v) is 2.44. The van der Waals surface area contributed by atoms with E-state index in [0.29, 0.717) is 19.0 Å². The Bertz CT molecular complexity index is 254. The first kappa shape index (κ1) is 12.8. The Balaban J connectivity index is 1.61. The molecule has 0 radical (unpaired) electrons. The molecule has 2 unspecified atom stereocenters. The van der Waals surface area contributed by atoms with Crippen molar-refractivity contribution in [1.82, 2.24) is 15.5 Å². The molecule has 2 rings (SSSR count). The van der Waals surface area contributed by atoms with E-state index in [4.69, 9.17) is 4.74 Å². The van der Waals surface area contributed by atoms with Crippen molar-refractivity contribution >= 4 is 5.91 Å². The van der Waals surface area contributed by atoms with Crippen LogP contribution in [0.1, 0.15) is 19.3 Å². The van der Waals surface area contributed by atoms with Gasteiger partial charge in [0.25, 0.3) is 0 Å². The van der Waals surface area contributed by atoms with Crippen LogP contribution in [0, 0.1) is 0 Å². The molecule has 0 aromatic rings. The standard InChI is InChI=1S/C12H23N3O2/c1-15-5-6-17-11(9-15)8-14-12(16)7-10-3-2-4-13-10/h10-11,13H,2-9H2,1H3,(H,14,16). The Labute approximate surface area is 103 Å². The lowest BCUT2D eigenvalue weighted by molar-refractivity contribution is -0.122. The average molecular weight is 241 g/mol. The third kappa shape index (κ3) is 4.26. The van der Waals surface area contributed by atoms with Crippen molar-refractivity contribution in [2.24, 2.45) is 0 Å². The molecule has 5 heteroatoms. The van der Waals surface area contributed by atoms with E-state index in [0.717, 1.165) is 32.7 Å². The predicted octanol–water partition coefficient (Wildman–Crippen LogP) is -0.425. The molecule has 0 aliphatic carbocycles. The van der Waals surface area contributed by atoms with Gasteiger partial charge in [-0.2, -0.15) is 0 Å². The highest BCUT2D eigenvalue weighted by molar-refractivity contribution is 5.76. The Morgan fingerprint density at radius 1 is 1.59 bits per heavy atom. The van der Waals surface area contributed by atoms with E-state index in [9.17, 15) is 4.79 Å². The number of hydrogen-bond acceptors (Lipinski definition) is 4. The van der Waals surface area contributed by atoms with E-state index in [-0.39, 0.29) is 12.0 Å². The van der Waals surface area contributed by atoms with E-state index >= 15 is 0 Å². The van der Waals surface area contributed by atoms with Crippen molar-refractivity contribution < 1.29 is 9.53 Å². The summed E-state index contributed by atoms with van der Waals surface area (Å²) in [7, 11) is 2.08. The van der Waals surface area contributed by atoms with Gasteiger partial charge in [-0.25, -0.2) is 0 Å². The second-order valence-electron chi connectivity index (χ2n) is 5.06. The fraction of sp³-hybridized carbons (Fsp3) is 0.917. The number of nitrogens with zero attached hydrogens (tertiary/aromatic N) is 1. The molecule has 0 aromatic carbocycles. The summed E-state index contributed by atoms with van der Waals surface area (Å²) in [4.78, 5) is 13.9. The van der Waals surface area contributed by atoms with Gasteiger partial charge in [0.2, 0.25) is 5.91 Å². The molecule has 0 spiro atoms. The number of ether oxygens (including phenoxy) is 1. The molecule has 98 valence electrons. The number of amides is 1. The number of carbonyl (C=O) groups excluding carboxylic acids is 1. The van der Waals surface area contributed by atoms with Gasteiger partial charge >= 0.3 is 0 Å². The molecule has 2 aliphatic rings. The zero-order valence-electron chi connectivity index (χ0n) is 10.6. The molecule has 5 nitrogen and oxygen atoms in total. The van der Waals surface area contributed by atoms with Crippen LogP contribution in [0.5, 0.6) is 0 Å². The maximum Gasteiger partial charge on any atom is 0.221 e. The summed E-state index contributed by atoms with van der Waals surface area (Å²) in [6.45, 7) is 4.34. The van der Waals surface area contributed by atoms with E-state index in [1.165, 1.54) is 6.42 Å². The summed E-state index contributed by atoms with van der Waals surface area (Å²) < 4.78 is 5.60. The molecule has 2 saturated heterocycles. The maximum absolute atomic E-state index is 11.7. The minimum absolute atomic E-state index is 0.140. The van der Waals surface area contributed by atoms with Crippen molar-refractivity contribution in [3.8, 4) is 0 Å². The first-order valence-corrected chi connectivity index (χ1v) is 6.54. The Kier molecular flexibility index (Phi) is 4.76. The van der Waals surface area contributed by atoms with Gasteiger partial charge in [-0.15, -0.1) is 0 Å². The molecule has 1 amide bonds. The quantitative estimate of drug-likeness (QED) is 0.701. The summed E-state index contributed by atoms with van der Waals surface area (Å²) in [6.07, 6.45) is 3.06. The number of likely N-dealkylation sites (N-methyl/N-ethyl adjacent to an activating group) is 1. The molecule has 2 N–H and O–H groups in total. The SMILES string of the molecule is CN1CCOC(CNC(=O)CC2CCCN2)C1. The summed E-state index contributed by atoms with van der Waals surface area (Å²) in [5, 5.41) is 6.30. The van der Waals surface area contributed by atoms with Gasteiger partial charge in [0.1, 0.15) is 0 Å². The van der Waals surface area contributed by atoms with E-state index < -0.39 is 0 Å². The van der Waals surface area contributed by atoms with Crippen molar-refractivity contribution in [3.05, 3.63) is 0 Å². The van der Waals surface area contributed by atoms with Crippen LogP contribution < -0.4 is 10.6 Å². The van der Waals surface area contributed by atoms with Crippen LogP contribution in [-0.4, -0.2) is 62.8 Å². The number of nitrogens with one attached hydrogen (secondary N) is 2. The second-order valence-corrected chi connectivity index (χ2v) is 5.06. The molecule has 17 heavy (non-hydrogen) atoms. The second kappa shape index (κ2) is 6.33. The largest absolute Gasteiger partial charge is 0.374 e. The van der Waals surface area contributed by atoms with Crippen molar-refractivity contribution in [2.45, 2.75) is 31.4 Å². The smallest absolute Gasteiger partial charge is 0.221 e. The van der Waals surface area contributed by atoms with Gasteiger partial charge in [0.15, 0.2) is 0 Å². The van der Waals surface area contributed by atoms with Crippen LogP contribution in [-0.2, 0) is 9.53 Å². The molecular weight excluding hydrogens is 218 g/mol. The minimum atomic E-state index is 0.140. The molecule has 0 bridgehead atoms. The highest BCUT2D eigenvalue weighted by Crippen LogP contribution is 2.08. The number of carbonyl (C=O) groups is 1. The van der Waals surface area contributed by atoms with Crippen LogP contribution in [0.25, 0.3) is 0 Å². The van der Waals surface area contributed by atoms with Crippen molar-refractivity contribution in [3.63, 3.8) is 0 Å². The third-order valence-corrected chi connectivity index (χ3v) is 3.46. The Morgan fingerprint density at radius 3 is 3.18 bits per heavy atom. The van der Waals surface area contributed by atoms with Crippen molar-refractivity contribution in [1.29, 1.82) is 0 Å². The fourth-order valence-electron chi connectivity index (χ4n) is 2.44. The number of rotatable bonds is 4. The van der Waals surface area contributed by atoms with Gasteiger partial charge < -0.3 is 20.3 Å². The van der Waals surface area contributed by atoms with Crippen LogP contribution in [0.3, 0.4) is 0 Å². The molecule has 2 fully saturated rings. The van der Waals surface area contributed by atoms with E-state index in [1.807, 2.05) is 0 Å². The Morgan fingerprint density at radius 2 is 2.47 bits per heavy atom. The van der Waals surface area contributed by atoms with Crippen LogP contribution >= 0.6 is 0 Å². The molecule has 2 aliphatic heterocycles. The molecule has 2 atom stereocenters. The highest BCUT2D eigenvalue weighted by Gasteiger charge is 2.20. The summed E-state index contributed by atoms with van der Waals surface area (Å²) in [5.74, 6) is 0.140. The monoisotopic (exact) mass is 241 g/mol. The first-order valence-electron chi connectivity index (χ1n) is 6.54. The van der Waals surface area contributed by atoms with Gasteiger partial charge in [0, 0.05) is 32.1 Å². The maximum atomic E-state index is 11.7. The third-order valence-electron chi connectivity index (χ3n) is 3.46. The first-order chi connectivity index (χ1) is 8.24. The summed E-state index contributed by atoms with van der Waals surface area (Å²) in [6, 6.07) is 0.380. The normalized spacial score (nSPS) is 30.4. The lowest BCUT2D eigenvalue weighted by Gasteiger charge is -2.30. The minimum Gasteiger partial charge on any atom is -0.374 e. The summed E-state index contributed by atoms with van der Waals surface area (Å²) >= 11 is 0. The average Bonchev–Trinajstić information content (AvgIpc) is 2.79. The van der Waals surface area contributed by atoms with Crippen LogP contribution in [0.4, 0.5) is 0 Å². The number of hydrogen-bond donors (Lipinski definition) is 2. The van der Waals surface area contributed by atoms with Gasteiger partial charge in [-0.3, -0.25) is 4.79 Å². The zero-order chi connectivity index (χ0) is 12.1. The molecule has 2 heterocycles. The molecule has 0 aromatic heterocycles. The van der Waals surface area contributed by atoms with Crippen LogP contribution in [0.15, 0.2) is 0 Å². The molecular formula is C12H23N3O2. The van der Waals surface area contributed by atoms with Crippen molar-refractivity contribution in [2.75, 3.05) is 39.8 Å². The summed E-state index contributed by atoms with van der Waals surface area (Å²) in [5.41, 5.74) is 0. The van der Waals surface area contributed by atoms with Gasteiger partial charge in [-0.05, 0) is 26.4 Å². The highest BCUT2D eigenvalue weighted by atomic mass is 16.5. The van der Waals surface area contributed by atoms with Crippen LogP contribution in [0.2, 0.25) is 0 Å². The number of morpholine rings is 1. The predicted molar refractivity (Wildman–Crippen MR) is 65.9 cm³/mol. The topological polar surface area (TPSA) is 53.6 Å². The Hall–Kier alpha value is -0.650. The van der Waals surface area contributed by atoms with Gasteiger partial charge in [-0.1, -0.05) is 0 Å².